The highest BCUT2D eigenvalue weighted by Crippen LogP contribution is 2.11. The van der Waals surface area contributed by atoms with E-state index in [0.717, 1.165) is 41.8 Å². The maximum Gasteiger partial charge on any atom is 0.193 e. The lowest BCUT2D eigenvalue weighted by molar-refractivity contribution is 0.477. The number of nitrogens with one attached hydrogen (secondary N) is 1. The van der Waals surface area contributed by atoms with Gasteiger partial charge in [-0.05, 0) is 36.8 Å². The fourth-order valence-electron chi connectivity index (χ4n) is 2.79. The Morgan fingerprint density at radius 2 is 2.04 bits per heavy atom. The van der Waals surface area contributed by atoms with Crippen LogP contribution >= 0.6 is 11.6 Å². The Labute approximate surface area is 159 Å². The summed E-state index contributed by atoms with van der Waals surface area (Å²) in [5, 5.41) is 4.11. The lowest BCUT2D eigenvalue weighted by Gasteiger charge is -2.22. The number of hydrogen-bond donors (Lipinski definition) is 1. The largest absolute Gasteiger partial charge is 0.357 e. The molecule has 0 fully saturated rings. The van der Waals surface area contributed by atoms with Crippen LogP contribution in [-0.4, -0.2) is 40.4 Å². The molecular weight excluding hydrogens is 346 g/mol. The smallest absolute Gasteiger partial charge is 0.193 e. The molecule has 6 heteroatoms. The summed E-state index contributed by atoms with van der Waals surface area (Å²) in [7, 11) is 2.04. The summed E-state index contributed by atoms with van der Waals surface area (Å²) in [6.45, 7) is 4.38. The number of rotatable bonds is 6. The van der Waals surface area contributed by atoms with Crippen molar-refractivity contribution in [2.45, 2.75) is 19.9 Å². The highest BCUT2D eigenvalue weighted by atomic mass is 35.5. The van der Waals surface area contributed by atoms with Crippen molar-refractivity contribution in [1.82, 2.24) is 19.6 Å². The van der Waals surface area contributed by atoms with E-state index < -0.39 is 0 Å². The van der Waals surface area contributed by atoms with Gasteiger partial charge in [-0.25, -0.2) is 4.98 Å². The van der Waals surface area contributed by atoms with Crippen molar-refractivity contribution in [3.05, 3.63) is 71.1 Å². The fourth-order valence-corrected chi connectivity index (χ4v) is 2.92. The summed E-state index contributed by atoms with van der Waals surface area (Å²) in [5.74, 6) is 0.895. The molecule has 0 aliphatic rings. The molecule has 2 heterocycles. The van der Waals surface area contributed by atoms with Crippen LogP contribution in [0.1, 0.15) is 18.2 Å². The van der Waals surface area contributed by atoms with Crippen LogP contribution in [0.15, 0.2) is 59.9 Å². The van der Waals surface area contributed by atoms with Gasteiger partial charge in [-0.15, -0.1) is 0 Å². The minimum Gasteiger partial charge on any atom is -0.357 e. The first kappa shape index (κ1) is 18.3. The summed E-state index contributed by atoms with van der Waals surface area (Å²) < 4.78 is 2.04. The van der Waals surface area contributed by atoms with Gasteiger partial charge >= 0.3 is 0 Å². The molecular formula is C20H24ClN5. The summed E-state index contributed by atoms with van der Waals surface area (Å²) >= 11 is 5.96. The van der Waals surface area contributed by atoms with Gasteiger partial charge in [-0.2, -0.15) is 0 Å². The molecule has 3 aromatic rings. The molecule has 136 valence electrons. The number of aliphatic imine (C=N–C) groups is 1. The van der Waals surface area contributed by atoms with Gasteiger partial charge in [0, 0.05) is 50.5 Å². The number of nitrogens with zero attached hydrogens (tertiary/aromatic N) is 4. The number of fused-ring (bicyclic) bond motifs is 1. The predicted molar refractivity (Wildman–Crippen MR) is 108 cm³/mol. The van der Waals surface area contributed by atoms with E-state index >= 15 is 0 Å². The standard InChI is InChI=1S/C20H24ClN5/c1-3-22-20(25(2)14-16-7-9-17(21)10-8-16)23-12-11-18-15-26-13-5-4-6-19(26)24-18/h4-10,13,15H,3,11-12,14H2,1-2H3,(H,22,23). The van der Waals surface area contributed by atoms with E-state index in [4.69, 9.17) is 16.6 Å². The van der Waals surface area contributed by atoms with Gasteiger partial charge < -0.3 is 14.6 Å². The van der Waals surface area contributed by atoms with Crippen molar-refractivity contribution in [3.8, 4) is 0 Å². The zero-order valence-corrected chi connectivity index (χ0v) is 15.9. The second kappa shape index (κ2) is 8.72. The normalized spacial score (nSPS) is 11.7. The Morgan fingerprint density at radius 1 is 1.23 bits per heavy atom. The van der Waals surface area contributed by atoms with Gasteiger partial charge in [0.15, 0.2) is 5.96 Å². The van der Waals surface area contributed by atoms with Crippen molar-refractivity contribution in [1.29, 1.82) is 0 Å². The third kappa shape index (κ3) is 4.76. The molecule has 0 amide bonds. The number of benzene rings is 1. The average Bonchev–Trinajstić information content (AvgIpc) is 3.05. The molecule has 0 bridgehead atoms. The first-order valence-electron chi connectivity index (χ1n) is 8.82. The summed E-state index contributed by atoms with van der Waals surface area (Å²) in [6, 6.07) is 13.9. The molecule has 0 saturated carbocycles. The van der Waals surface area contributed by atoms with Crippen molar-refractivity contribution in [3.63, 3.8) is 0 Å². The van der Waals surface area contributed by atoms with Crippen LogP contribution in [0.4, 0.5) is 0 Å². The number of hydrogen-bond acceptors (Lipinski definition) is 2. The Hall–Kier alpha value is -2.53. The Balaban J connectivity index is 1.62. The van der Waals surface area contributed by atoms with Crippen molar-refractivity contribution >= 4 is 23.2 Å². The molecule has 0 radical (unpaired) electrons. The lowest BCUT2D eigenvalue weighted by Crippen LogP contribution is -2.38. The van der Waals surface area contributed by atoms with E-state index in [9.17, 15) is 0 Å². The Bertz CT molecular complexity index is 836. The monoisotopic (exact) mass is 369 g/mol. The quantitative estimate of drug-likeness (QED) is 0.533. The molecule has 5 nitrogen and oxygen atoms in total. The highest BCUT2D eigenvalue weighted by Gasteiger charge is 2.07. The second-order valence-electron chi connectivity index (χ2n) is 6.17. The fraction of sp³-hybridized carbons (Fsp3) is 0.300. The molecule has 0 aliphatic carbocycles. The van der Waals surface area contributed by atoms with Crippen molar-refractivity contribution < 1.29 is 0 Å². The SMILES string of the molecule is CCNC(=NCCc1cn2ccccc2n1)N(C)Cc1ccc(Cl)cc1. The maximum absolute atomic E-state index is 5.96. The van der Waals surface area contributed by atoms with E-state index in [1.54, 1.807) is 0 Å². The second-order valence-corrected chi connectivity index (χ2v) is 6.60. The van der Waals surface area contributed by atoms with Crippen molar-refractivity contribution in [2.75, 3.05) is 20.1 Å². The Morgan fingerprint density at radius 3 is 2.77 bits per heavy atom. The van der Waals surface area contributed by atoms with E-state index in [0.29, 0.717) is 6.54 Å². The van der Waals surface area contributed by atoms with E-state index in [1.165, 1.54) is 5.56 Å². The summed E-state index contributed by atoms with van der Waals surface area (Å²) in [5.41, 5.74) is 3.22. The molecule has 1 aromatic carbocycles. The number of pyridine rings is 1. The third-order valence-electron chi connectivity index (χ3n) is 4.07. The van der Waals surface area contributed by atoms with Gasteiger partial charge in [0.05, 0.1) is 5.69 Å². The zero-order chi connectivity index (χ0) is 18.4. The van der Waals surface area contributed by atoms with Gasteiger partial charge in [-0.3, -0.25) is 4.99 Å². The topological polar surface area (TPSA) is 44.9 Å². The molecule has 26 heavy (non-hydrogen) atoms. The van der Waals surface area contributed by atoms with Crippen LogP contribution in [0.25, 0.3) is 5.65 Å². The van der Waals surface area contributed by atoms with Crippen molar-refractivity contribution in [2.24, 2.45) is 4.99 Å². The lowest BCUT2D eigenvalue weighted by atomic mass is 10.2. The number of aromatic nitrogens is 2. The number of guanidine groups is 1. The summed E-state index contributed by atoms with van der Waals surface area (Å²) in [4.78, 5) is 11.5. The number of imidazole rings is 1. The van der Waals surface area contributed by atoms with Gasteiger partial charge in [0.1, 0.15) is 5.65 Å². The third-order valence-corrected chi connectivity index (χ3v) is 4.32. The minimum atomic E-state index is 0.692. The molecule has 0 spiro atoms. The van der Waals surface area contributed by atoms with Crippen LogP contribution < -0.4 is 5.32 Å². The summed E-state index contributed by atoms with van der Waals surface area (Å²) in [6.07, 6.45) is 4.89. The first-order chi connectivity index (χ1) is 12.7. The molecule has 0 unspecified atom stereocenters. The maximum atomic E-state index is 5.96. The van der Waals surface area contributed by atoms with Crippen LogP contribution in [0.3, 0.4) is 0 Å². The molecule has 3 rings (SSSR count). The molecule has 2 aromatic heterocycles. The predicted octanol–water partition coefficient (Wildman–Crippen LogP) is 3.63. The first-order valence-corrected chi connectivity index (χ1v) is 9.20. The Kier molecular flexibility index (Phi) is 6.12. The molecule has 1 N–H and O–H groups in total. The minimum absolute atomic E-state index is 0.692. The number of halogens is 1. The molecule has 0 aliphatic heterocycles. The van der Waals surface area contributed by atoms with E-state index in [2.05, 4.69) is 28.3 Å². The van der Waals surface area contributed by atoms with Gasteiger partial charge in [-0.1, -0.05) is 29.8 Å². The van der Waals surface area contributed by atoms with Crippen LogP contribution in [-0.2, 0) is 13.0 Å². The van der Waals surface area contributed by atoms with Gasteiger partial charge in [0.2, 0.25) is 0 Å². The molecule has 0 atom stereocenters. The average molecular weight is 370 g/mol. The van der Waals surface area contributed by atoms with Crippen LogP contribution in [0, 0.1) is 0 Å². The van der Waals surface area contributed by atoms with E-state index in [-0.39, 0.29) is 0 Å². The zero-order valence-electron chi connectivity index (χ0n) is 15.2. The highest BCUT2D eigenvalue weighted by molar-refractivity contribution is 6.30. The van der Waals surface area contributed by atoms with E-state index in [1.807, 2.05) is 60.1 Å². The van der Waals surface area contributed by atoms with Crippen LogP contribution in [0.2, 0.25) is 5.02 Å². The van der Waals surface area contributed by atoms with Gasteiger partial charge in [0.25, 0.3) is 0 Å². The molecule has 0 saturated heterocycles. The van der Waals surface area contributed by atoms with Crippen LogP contribution in [0.5, 0.6) is 0 Å².